The van der Waals surface area contributed by atoms with Crippen LogP contribution in [-0.4, -0.2) is 29.2 Å². The SMILES string of the molecule is COC(c1ccc(F)cc1)C(C)NC(=O)c1cccc(-c2noc(C3CC3)n2)c1. The third kappa shape index (κ3) is 4.35. The maximum atomic E-state index is 13.2. The van der Waals surface area contributed by atoms with E-state index in [0.717, 1.165) is 24.0 Å². The maximum Gasteiger partial charge on any atom is 0.251 e. The number of halogens is 1. The summed E-state index contributed by atoms with van der Waals surface area (Å²) in [5, 5.41) is 6.98. The van der Waals surface area contributed by atoms with Crippen molar-refractivity contribution in [2.75, 3.05) is 7.11 Å². The second kappa shape index (κ2) is 8.13. The number of nitrogens with one attached hydrogen (secondary N) is 1. The lowest BCUT2D eigenvalue weighted by Gasteiger charge is -2.24. The van der Waals surface area contributed by atoms with Gasteiger partial charge in [-0.05, 0) is 49.6 Å². The zero-order chi connectivity index (χ0) is 20.4. The van der Waals surface area contributed by atoms with Gasteiger partial charge in [-0.1, -0.05) is 29.4 Å². The van der Waals surface area contributed by atoms with E-state index in [1.54, 1.807) is 37.4 Å². The van der Waals surface area contributed by atoms with Crippen molar-refractivity contribution in [2.24, 2.45) is 0 Å². The first-order valence-electron chi connectivity index (χ1n) is 9.58. The summed E-state index contributed by atoms with van der Waals surface area (Å²) in [6, 6.07) is 12.8. The summed E-state index contributed by atoms with van der Waals surface area (Å²) >= 11 is 0. The van der Waals surface area contributed by atoms with Crippen molar-refractivity contribution in [1.29, 1.82) is 0 Å². The molecule has 1 heterocycles. The topological polar surface area (TPSA) is 77.2 Å². The molecule has 1 aromatic heterocycles. The van der Waals surface area contributed by atoms with Crippen LogP contribution in [-0.2, 0) is 4.74 Å². The lowest BCUT2D eigenvalue weighted by molar-refractivity contribution is 0.0644. The van der Waals surface area contributed by atoms with Gasteiger partial charge < -0.3 is 14.6 Å². The predicted molar refractivity (Wildman–Crippen MR) is 105 cm³/mol. The molecule has 2 unspecified atom stereocenters. The molecule has 1 fully saturated rings. The van der Waals surface area contributed by atoms with Crippen molar-refractivity contribution >= 4 is 5.91 Å². The average Bonchev–Trinajstić information content (AvgIpc) is 3.46. The monoisotopic (exact) mass is 395 g/mol. The Balaban J connectivity index is 1.47. The first-order valence-corrected chi connectivity index (χ1v) is 9.58. The lowest BCUT2D eigenvalue weighted by atomic mass is 10.0. The Morgan fingerprint density at radius 3 is 2.69 bits per heavy atom. The van der Waals surface area contributed by atoms with Gasteiger partial charge in [-0.3, -0.25) is 4.79 Å². The van der Waals surface area contributed by atoms with Crippen LogP contribution in [0, 0.1) is 5.82 Å². The number of carbonyl (C=O) groups is 1. The summed E-state index contributed by atoms with van der Waals surface area (Å²) in [6.45, 7) is 1.85. The van der Waals surface area contributed by atoms with Gasteiger partial charge >= 0.3 is 0 Å². The number of hydrogen-bond donors (Lipinski definition) is 1. The van der Waals surface area contributed by atoms with Crippen LogP contribution in [0.5, 0.6) is 0 Å². The molecule has 1 N–H and O–H groups in total. The number of ether oxygens (including phenoxy) is 1. The van der Waals surface area contributed by atoms with E-state index in [4.69, 9.17) is 9.26 Å². The highest BCUT2D eigenvalue weighted by Gasteiger charge is 2.30. The number of benzene rings is 2. The van der Waals surface area contributed by atoms with Crippen LogP contribution < -0.4 is 5.32 Å². The zero-order valence-corrected chi connectivity index (χ0v) is 16.3. The van der Waals surface area contributed by atoms with Crippen LogP contribution in [0.4, 0.5) is 4.39 Å². The second-order valence-corrected chi connectivity index (χ2v) is 7.28. The van der Waals surface area contributed by atoms with E-state index in [9.17, 15) is 9.18 Å². The minimum Gasteiger partial charge on any atom is -0.375 e. The Morgan fingerprint density at radius 1 is 1.24 bits per heavy atom. The number of carbonyl (C=O) groups excluding carboxylic acids is 1. The fourth-order valence-corrected chi connectivity index (χ4v) is 3.30. The molecule has 7 heteroatoms. The zero-order valence-electron chi connectivity index (χ0n) is 16.3. The Hall–Kier alpha value is -3.06. The smallest absolute Gasteiger partial charge is 0.251 e. The minimum atomic E-state index is -0.402. The van der Waals surface area contributed by atoms with Crippen LogP contribution in [0.3, 0.4) is 0 Å². The summed E-state index contributed by atoms with van der Waals surface area (Å²) in [7, 11) is 1.56. The van der Waals surface area contributed by atoms with Gasteiger partial charge in [0.2, 0.25) is 11.7 Å². The number of nitrogens with zero attached hydrogens (tertiary/aromatic N) is 2. The van der Waals surface area contributed by atoms with E-state index in [2.05, 4.69) is 15.5 Å². The average molecular weight is 395 g/mol. The Bertz CT molecular complexity index is 999. The highest BCUT2D eigenvalue weighted by atomic mass is 19.1. The third-order valence-electron chi connectivity index (χ3n) is 5.02. The molecule has 2 aromatic carbocycles. The van der Waals surface area contributed by atoms with Gasteiger partial charge in [0.25, 0.3) is 5.91 Å². The number of hydrogen-bond acceptors (Lipinski definition) is 5. The van der Waals surface area contributed by atoms with Crippen LogP contribution in [0.15, 0.2) is 53.1 Å². The Kier molecular flexibility index (Phi) is 5.40. The highest BCUT2D eigenvalue weighted by Crippen LogP contribution is 2.39. The predicted octanol–water partition coefficient (Wildman–Crippen LogP) is 4.26. The molecule has 1 aliphatic rings. The largest absolute Gasteiger partial charge is 0.375 e. The first-order chi connectivity index (χ1) is 14.0. The van der Waals surface area contributed by atoms with Crippen LogP contribution >= 0.6 is 0 Å². The fraction of sp³-hybridized carbons (Fsp3) is 0.318. The lowest BCUT2D eigenvalue weighted by Crippen LogP contribution is -2.37. The Labute approximate surface area is 168 Å². The van der Waals surface area contributed by atoms with Gasteiger partial charge in [-0.15, -0.1) is 0 Å². The summed E-state index contributed by atoms with van der Waals surface area (Å²) < 4.78 is 24.0. The number of methoxy groups -OCH3 is 1. The summed E-state index contributed by atoms with van der Waals surface area (Å²) in [6.07, 6.45) is 1.76. The van der Waals surface area contributed by atoms with Crippen LogP contribution in [0.25, 0.3) is 11.4 Å². The fourth-order valence-electron chi connectivity index (χ4n) is 3.30. The van der Waals surface area contributed by atoms with Crippen LogP contribution in [0.1, 0.15) is 53.6 Å². The normalized spacial score (nSPS) is 15.7. The molecule has 0 radical (unpaired) electrons. The molecule has 1 amide bonds. The van der Waals surface area contributed by atoms with E-state index in [0.29, 0.717) is 23.2 Å². The summed E-state index contributed by atoms with van der Waals surface area (Å²) in [4.78, 5) is 17.2. The van der Waals surface area contributed by atoms with Gasteiger partial charge in [-0.2, -0.15) is 4.98 Å². The second-order valence-electron chi connectivity index (χ2n) is 7.28. The van der Waals surface area contributed by atoms with E-state index in [-0.39, 0.29) is 17.8 Å². The molecule has 0 spiro atoms. The van der Waals surface area contributed by atoms with E-state index >= 15 is 0 Å². The molecule has 4 rings (SSSR count). The standard InChI is InChI=1S/C22H22FN3O3/c1-13(19(28-2)14-8-10-18(23)11-9-14)24-21(27)17-5-3-4-16(12-17)20-25-22(29-26-20)15-6-7-15/h3-5,8-13,15,19H,6-7H2,1-2H3,(H,24,27). The third-order valence-corrected chi connectivity index (χ3v) is 5.02. The van der Waals surface area contributed by atoms with Gasteiger partial charge in [0, 0.05) is 24.2 Å². The molecule has 1 saturated carbocycles. The van der Waals surface area contributed by atoms with Crippen molar-refractivity contribution in [3.63, 3.8) is 0 Å². The molecule has 3 aromatic rings. The molecule has 2 atom stereocenters. The van der Waals surface area contributed by atoms with Gasteiger partial charge in [0.15, 0.2) is 0 Å². The molecule has 0 bridgehead atoms. The van der Waals surface area contributed by atoms with Crippen molar-refractivity contribution < 1.29 is 18.4 Å². The van der Waals surface area contributed by atoms with Crippen molar-refractivity contribution in [3.05, 3.63) is 71.4 Å². The number of aromatic nitrogens is 2. The van der Waals surface area contributed by atoms with Crippen molar-refractivity contribution in [3.8, 4) is 11.4 Å². The molecule has 6 nitrogen and oxygen atoms in total. The van der Waals surface area contributed by atoms with Crippen LogP contribution in [0.2, 0.25) is 0 Å². The van der Waals surface area contributed by atoms with Gasteiger partial charge in [-0.25, -0.2) is 4.39 Å². The van der Waals surface area contributed by atoms with Gasteiger partial charge in [0.05, 0.1) is 6.04 Å². The summed E-state index contributed by atoms with van der Waals surface area (Å²) in [5.74, 6) is 0.959. The van der Waals surface area contributed by atoms with Crippen molar-refractivity contribution in [1.82, 2.24) is 15.5 Å². The summed E-state index contributed by atoms with van der Waals surface area (Å²) in [5.41, 5.74) is 2.00. The minimum absolute atomic E-state index is 0.241. The molecule has 0 saturated heterocycles. The molecule has 0 aliphatic heterocycles. The quantitative estimate of drug-likeness (QED) is 0.647. The van der Waals surface area contributed by atoms with E-state index in [1.807, 2.05) is 13.0 Å². The van der Waals surface area contributed by atoms with E-state index in [1.165, 1.54) is 12.1 Å². The number of rotatable bonds is 7. The number of amides is 1. The maximum absolute atomic E-state index is 13.2. The molecule has 29 heavy (non-hydrogen) atoms. The van der Waals surface area contributed by atoms with E-state index < -0.39 is 6.10 Å². The molecular weight excluding hydrogens is 373 g/mol. The Morgan fingerprint density at radius 2 is 2.00 bits per heavy atom. The highest BCUT2D eigenvalue weighted by molar-refractivity contribution is 5.95. The first kappa shape index (κ1) is 19.3. The van der Waals surface area contributed by atoms with Crippen molar-refractivity contribution in [2.45, 2.75) is 37.8 Å². The molecule has 1 aliphatic carbocycles. The molecular formula is C22H22FN3O3. The molecule has 150 valence electrons. The van der Waals surface area contributed by atoms with Gasteiger partial charge in [0.1, 0.15) is 11.9 Å².